The molecule has 0 saturated carbocycles. The number of hydrogen-bond donors (Lipinski definition) is 3. The number of unbranched alkanes of at least 4 members (excludes halogenated alkanes) is 31. The van der Waals surface area contributed by atoms with Crippen LogP contribution in [0.4, 0.5) is 0 Å². The van der Waals surface area contributed by atoms with Crippen molar-refractivity contribution in [2.45, 2.75) is 330 Å². The number of rotatable bonds is 62. The molecule has 3 unspecified atom stereocenters. The molecular weight excluding hydrogens is 1090 g/mol. The zero-order valence-corrected chi connectivity index (χ0v) is 54.6. The summed E-state index contributed by atoms with van der Waals surface area (Å²) in [5.41, 5.74) is 0. The molecule has 0 radical (unpaired) electrons. The lowest BCUT2D eigenvalue weighted by molar-refractivity contribution is -0.161. The number of ether oxygens (including phenoxy) is 4. The van der Waals surface area contributed by atoms with Crippen molar-refractivity contribution >= 4 is 39.5 Å². The number of hydrogen-bond acceptors (Lipinski definition) is 15. The summed E-state index contributed by atoms with van der Waals surface area (Å²) in [7, 11) is -9.88. The number of aliphatic hydroxyl groups is 1. The van der Waals surface area contributed by atoms with Crippen molar-refractivity contribution in [1.29, 1.82) is 0 Å². The Labute approximate surface area is 498 Å². The first-order valence-electron chi connectivity index (χ1n) is 33.0. The van der Waals surface area contributed by atoms with Crippen LogP contribution in [0.25, 0.3) is 0 Å². The third-order valence-electron chi connectivity index (χ3n) is 14.8. The lowest BCUT2D eigenvalue weighted by atomic mass is 9.99. The largest absolute Gasteiger partial charge is 0.472 e. The van der Waals surface area contributed by atoms with Gasteiger partial charge in [0.05, 0.1) is 26.4 Å². The Morgan fingerprint density at radius 1 is 0.354 bits per heavy atom. The van der Waals surface area contributed by atoms with E-state index in [4.69, 9.17) is 37.0 Å². The number of phosphoric ester groups is 2. The molecule has 0 heterocycles. The van der Waals surface area contributed by atoms with Crippen molar-refractivity contribution in [3.05, 3.63) is 0 Å². The minimum Gasteiger partial charge on any atom is -0.462 e. The van der Waals surface area contributed by atoms with Gasteiger partial charge in [-0.15, -0.1) is 0 Å². The molecule has 3 N–H and O–H groups in total. The molecule has 0 aliphatic rings. The quantitative estimate of drug-likeness (QED) is 0.0222. The van der Waals surface area contributed by atoms with Crippen LogP contribution < -0.4 is 0 Å². The van der Waals surface area contributed by atoms with Crippen LogP contribution in [0.5, 0.6) is 0 Å². The molecule has 19 heteroatoms. The van der Waals surface area contributed by atoms with Gasteiger partial charge in [-0.25, -0.2) is 9.13 Å². The molecule has 82 heavy (non-hydrogen) atoms. The monoisotopic (exact) mass is 1210 g/mol. The van der Waals surface area contributed by atoms with Gasteiger partial charge in [0.1, 0.15) is 19.3 Å². The molecule has 0 aromatic rings. The average Bonchev–Trinajstić information content (AvgIpc) is 3.45. The van der Waals surface area contributed by atoms with E-state index in [1.54, 1.807) is 0 Å². The van der Waals surface area contributed by atoms with Gasteiger partial charge in [0.15, 0.2) is 12.2 Å². The Balaban J connectivity index is 5.23. The van der Waals surface area contributed by atoms with Crippen LogP contribution in [0.1, 0.15) is 311 Å². The lowest BCUT2D eigenvalue weighted by Crippen LogP contribution is -2.30. The molecule has 0 amide bonds. The van der Waals surface area contributed by atoms with Crippen LogP contribution in [0.15, 0.2) is 0 Å². The zero-order valence-electron chi connectivity index (χ0n) is 52.8. The third-order valence-corrected chi connectivity index (χ3v) is 16.7. The average molecular weight is 1210 g/mol. The summed E-state index contributed by atoms with van der Waals surface area (Å²) in [6.45, 7) is 9.37. The first kappa shape index (κ1) is 80.1. The molecule has 0 spiro atoms. The van der Waals surface area contributed by atoms with Crippen molar-refractivity contribution in [2.75, 3.05) is 39.6 Å². The third kappa shape index (κ3) is 55.9. The van der Waals surface area contributed by atoms with Gasteiger partial charge >= 0.3 is 39.5 Å². The first-order chi connectivity index (χ1) is 39.4. The molecule has 0 fully saturated rings. The van der Waals surface area contributed by atoms with E-state index in [9.17, 15) is 43.2 Å². The van der Waals surface area contributed by atoms with E-state index in [2.05, 4.69) is 41.5 Å². The van der Waals surface area contributed by atoms with E-state index in [-0.39, 0.29) is 25.7 Å². The normalized spacial score (nSPS) is 14.7. The Kier molecular flexibility index (Phi) is 54.3. The van der Waals surface area contributed by atoms with Gasteiger partial charge in [0.25, 0.3) is 0 Å². The fourth-order valence-corrected chi connectivity index (χ4v) is 10.9. The minimum absolute atomic E-state index is 0.102. The van der Waals surface area contributed by atoms with Crippen LogP contribution in [-0.2, 0) is 65.4 Å². The van der Waals surface area contributed by atoms with E-state index in [0.717, 1.165) is 102 Å². The minimum atomic E-state index is -4.94. The van der Waals surface area contributed by atoms with Gasteiger partial charge < -0.3 is 33.8 Å². The summed E-state index contributed by atoms with van der Waals surface area (Å²) in [5.74, 6) is -0.693. The Bertz CT molecular complexity index is 1620. The predicted molar refractivity (Wildman–Crippen MR) is 326 cm³/mol. The molecule has 0 bridgehead atoms. The number of aliphatic hydroxyl groups excluding tert-OH is 1. The molecule has 0 aromatic carbocycles. The highest BCUT2D eigenvalue weighted by Gasteiger charge is 2.30. The SMILES string of the molecule is CCCCCCCCCCCCCCCC(=O)O[C@H](COC(=O)CCCCCCCCCCC(C)CC)COP(=O)(O)OC[C@@H](O)COP(=O)(O)OC[C@@H](COC(=O)CCCCCCCCCC)OC(=O)CCCCCCCCC(C)C. The fraction of sp³-hybridized carbons (Fsp3) is 0.937. The predicted octanol–water partition coefficient (Wildman–Crippen LogP) is 17.3. The standard InChI is InChI=1S/C63H122O17P2/c1-7-10-12-14-16-18-19-20-21-22-28-35-41-47-62(67)79-58(51-74-61(66)46-40-34-27-24-23-25-32-38-44-56(6)9-3)53-77-81(69,70)75-49-57(64)50-76-82(71,72)78-54-59(52-73-60(65)45-39-33-26-17-15-13-11-8-2)80-63(68)48-42-36-30-29-31-37-43-55(4)5/h55-59,64H,7-54H2,1-6H3,(H,69,70)(H,71,72)/t56?,57-,58-,59-/m1/s1. The summed E-state index contributed by atoms with van der Waals surface area (Å²) in [4.78, 5) is 72.1. The Morgan fingerprint density at radius 3 is 0.927 bits per heavy atom. The summed E-state index contributed by atoms with van der Waals surface area (Å²) >= 11 is 0. The van der Waals surface area contributed by atoms with Crippen LogP contribution in [0.2, 0.25) is 0 Å². The highest BCUT2D eigenvalue weighted by Crippen LogP contribution is 2.45. The summed E-state index contributed by atoms with van der Waals surface area (Å²) < 4.78 is 67.9. The smallest absolute Gasteiger partial charge is 0.462 e. The molecule has 0 aromatic heterocycles. The molecule has 0 aliphatic heterocycles. The molecule has 0 saturated heterocycles. The van der Waals surface area contributed by atoms with Gasteiger partial charge in [0, 0.05) is 25.7 Å². The highest BCUT2D eigenvalue weighted by molar-refractivity contribution is 7.47. The zero-order chi connectivity index (χ0) is 60.8. The second-order valence-electron chi connectivity index (χ2n) is 23.5. The van der Waals surface area contributed by atoms with Crippen molar-refractivity contribution in [1.82, 2.24) is 0 Å². The maximum absolute atomic E-state index is 13.0. The Hall–Kier alpha value is -1.94. The van der Waals surface area contributed by atoms with E-state index >= 15 is 0 Å². The molecular formula is C63H122O17P2. The van der Waals surface area contributed by atoms with Gasteiger partial charge in [-0.2, -0.15) is 0 Å². The number of esters is 4. The maximum atomic E-state index is 13.0. The highest BCUT2D eigenvalue weighted by atomic mass is 31.2. The topological polar surface area (TPSA) is 237 Å². The van der Waals surface area contributed by atoms with Crippen molar-refractivity contribution in [3.8, 4) is 0 Å². The van der Waals surface area contributed by atoms with Gasteiger partial charge in [-0.1, -0.05) is 260 Å². The van der Waals surface area contributed by atoms with E-state index < -0.39 is 97.5 Å². The van der Waals surface area contributed by atoms with Gasteiger partial charge in [-0.05, 0) is 37.5 Å². The number of phosphoric acid groups is 2. The fourth-order valence-electron chi connectivity index (χ4n) is 9.32. The molecule has 486 valence electrons. The second kappa shape index (κ2) is 55.6. The summed E-state index contributed by atoms with van der Waals surface area (Å²) in [6, 6.07) is 0. The molecule has 0 rings (SSSR count). The maximum Gasteiger partial charge on any atom is 0.472 e. The van der Waals surface area contributed by atoms with Gasteiger partial charge in [-0.3, -0.25) is 37.3 Å². The van der Waals surface area contributed by atoms with E-state index in [0.29, 0.717) is 31.6 Å². The van der Waals surface area contributed by atoms with Crippen molar-refractivity contribution < 1.29 is 80.2 Å². The number of carbonyl (C=O) groups is 4. The van der Waals surface area contributed by atoms with Crippen molar-refractivity contribution in [2.24, 2.45) is 11.8 Å². The van der Waals surface area contributed by atoms with Crippen LogP contribution in [0, 0.1) is 11.8 Å². The number of carbonyl (C=O) groups excluding carboxylic acids is 4. The van der Waals surface area contributed by atoms with Crippen LogP contribution in [-0.4, -0.2) is 96.7 Å². The molecule has 17 nitrogen and oxygen atoms in total. The summed E-state index contributed by atoms with van der Waals surface area (Å²) in [5, 5.41) is 10.5. The summed E-state index contributed by atoms with van der Waals surface area (Å²) in [6.07, 6.45) is 37.7. The first-order valence-corrected chi connectivity index (χ1v) is 36.0. The Morgan fingerprint density at radius 2 is 0.622 bits per heavy atom. The van der Waals surface area contributed by atoms with E-state index in [1.165, 1.54) is 122 Å². The molecule has 0 aliphatic carbocycles. The van der Waals surface area contributed by atoms with Crippen molar-refractivity contribution in [3.63, 3.8) is 0 Å². The molecule has 6 atom stereocenters. The lowest BCUT2D eigenvalue weighted by Gasteiger charge is -2.21. The second-order valence-corrected chi connectivity index (χ2v) is 26.4. The van der Waals surface area contributed by atoms with Gasteiger partial charge in [0.2, 0.25) is 0 Å². The van der Waals surface area contributed by atoms with E-state index in [1.807, 2.05) is 0 Å². The van der Waals surface area contributed by atoms with Crippen LogP contribution in [0.3, 0.4) is 0 Å². The van der Waals surface area contributed by atoms with Crippen LogP contribution >= 0.6 is 15.6 Å².